The summed E-state index contributed by atoms with van der Waals surface area (Å²) in [6.45, 7) is 3.28. The van der Waals surface area contributed by atoms with Crippen LogP contribution in [0.1, 0.15) is 27.9 Å². The van der Waals surface area contributed by atoms with E-state index in [9.17, 15) is 13.6 Å². The molecular weight excluding hydrogens is 310 g/mol. The van der Waals surface area contributed by atoms with Gasteiger partial charge < -0.3 is 5.32 Å². The third-order valence-corrected chi connectivity index (χ3v) is 4.32. The summed E-state index contributed by atoms with van der Waals surface area (Å²) in [7, 11) is 0. The number of nitrogens with zero attached hydrogens (tertiary/aromatic N) is 1. The van der Waals surface area contributed by atoms with Gasteiger partial charge in [-0.05, 0) is 36.1 Å². The molecule has 3 rings (SSSR count). The summed E-state index contributed by atoms with van der Waals surface area (Å²) in [6, 6.07) is 11.4. The molecule has 3 nitrogen and oxygen atoms in total. The lowest BCUT2D eigenvalue weighted by atomic mass is 10.00. The molecule has 0 saturated heterocycles. The molecule has 0 saturated carbocycles. The van der Waals surface area contributed by atoms with E-state index in [0.717, 1.165) is 44.6 Å². The van der Waals surface area contributed by atoms with Crippen molar-refractivity contribution in [3.63, 3.8) is 0 Å². The van der Waals surface area contributed by atoms with Crippen molar-refractivity contribution in [1.29, 1.82) is 0 Å². The van der Waals surface area contributed by atoms with Gasteiger partial charge >= 0.3 is 0 Å². The number of hydrogen-bond donors (Lipinski definition) is 1. The van der Waals surface area contributed by atoms with Gasteiger partial charge in [0, 0.05) is 32.2 Å². The summed E-state index contributed by atoms with van der Waals surface area (Å²) >= 11 is 0. The molecule has 0 aliphatic carbocycles. The maximum Gasteiger partial charge on any atom is 0.254 e. The van der Waals surface area contributed by atoms with E-state index in [-0.39, 0.29) is 5.56 Å². The Kier molecular flexibility index (Phi) is 5.20. The molecule has 2 aromatic rings. The molecule has 24 heavy (non-hydrogen) atoms. The van der Waals surface area contributed by atoms with Gasteiger partial charge in [-0.2, -0.15) is 0 Å². The summed E-state index contributed by atoms with van der Waals surface area (Å²) in [5.74, 6) is -2.02. The number of benzene rings is 2. The summed E-state index contributed by atoms with van der Waals surface area (Å²) in [5, 5.41) is 2.69. The first kappa shape index (κ1) is 16.6. The third kappa shape index (κ3) is 3.97. The minimum Gasteiger partial charge on any atom is -0.352 e. The van der Waals surface area contributed by atoms with Crippen LogP contribution in [-0.4, -0.2) is 30.4 Å². The number of carbonyl (C=O) groups excluding carboxylic acids is 1. The van der Waals surface area contributed by atoms with E-state index in [2.05, 4.69) is 34.5 Å². The smallest absolute Gasteiger partial charge is 0.254 e. The average molecular weight is 330 g/mol. The van der Waals surface area contributed by atoms with Crippen molar-refractivity contribution < 1.29 is 13.6 Å². The van der Waals surface area contributed by atoms with Gasteiger partial charge in [0.2, 0.25) is 0 Å². The molecular formula is C19H20F2N2O. The number of amides is 1. The second kappa shape index (κ2) is 7.53. The minimum absolute atomic E-state index is 0.122. The van der Waals surface area contributed by atoms with Gasteiger partial charge in [-0.1, -0.05) is 24.3 Å². The highest BCUT2D eigenvalue weighted by Crippen LogP contribution is 2.18. The number of halogens is 2. The topological polar surface area (TPSA) is 32.3 Å². The number of fused-ring (bicyclic) bond motifs is 1. The summed E-state index contributed by atoms with van der Waals surface area (Å²) in [5.41, 5.74) is 2.65. The zero-order chi connectivity index (χ0) is 16.9. The molecule has 0 atom stereocenters. The highest BCUT2D eigenvalue weighted by Gasteiger charge is 2.15. The molecule has 1 aliphatic rings. The van der Waals surface area contributed by atoms with Crippen LogP contribution in [0.15, 0.2) is 42.5 Å². The molecule has 0 radical (unpaired) electrons. The Morgan fingerprint density at radius 3 is 2.71 bits per heavy atom. The van der Waals surface area contributed by atoms with E-state index in [0.29, 0.717) is 6.54 Å². The Balaban J connectivity index is 1.44. The Morgan fingerprint density at radius 2 is 1.92 bits per heavy atom. The van der Waals surface area contributed by atoms with Crippen molar-refractivity contribution in [3.05, 3.63) is 70.8 Å². The molecule has 0 aromatic heterocycles. The van der Waals surface area contributed by atoms with Crippen LogP contribution in [0.5, 0.6) is 0 Å². The lowest BCUT2D eigenvalue weighted by molar-refractivity contribution is 0.0947. The number of carbonyl (C=O) groups is 1. The van der Waals surface area contributed by atoms with Gasteiger partial charge in [0.25, 0.3) is 5.91 Å². The zero-order valence-corrected chi connectivity index (χ0v) is 13.4. The Morgan fingerprint density at radius 1 is 1.12 bits per heavy atom. The fourth-order valence-corrected chi connectivity index (χ4v) is 3.02. The molecule has 1 amide bonds. The molecule has 0 unspecified atom stereocenters. The summed E-state index contributed by atoms with van der Waals surface area (Å²) in [6.07, 6.45) is 1.83. The molecule has 2 aromatic carbocycles. The SMILES string of the molecule is O=C(NCCCN1CCc2ccccc2C1)c1ccc(F)cc1F. The van der Waals surface area contributed by atoms with Crippen LogP contribution in [0, 0.1) is 11.6 Å². The highest BCUT2D eigenvalue weighted by molar-refractivity contribution is 5.94. The molecule has 126 valence electrons. The maximum absolute atomic E-state index is 13.5. The van der Waals surface area contributed by atoms with Crippen molar-refractivity contribution in [3.8, 4) is 0 Å². The number of hydrogen-bond acceptors (Lipinski definition) is 2. The van der Waals surface area contributed by atoms with Gasteiger partial charge in [-0.25, -0.2) is 8.78 Å². The second-order valence-corrected chi connectivity index (χ2v) is 6.03. The van der Waals surface area contributed by atoms with Crippen molar-refractivity contribution in [2.45, 2.75) is 19.4 Å². The molecule has 1 N–H and O–H groups in total. The second-order valence-electron chi connectivity index (χ2n) is 6.03. The first-order chi connectivity index (χ1) is 11.6. The predicted octanol–water partition coefficient (Wildman–Crippen LogP) is 3.14. The van der Waals surface area contributed by atoms with Gasteiger partial charge in [-0.15, -0.1) is 0 Å². The quantitative estimate of drug-likeness (QED) is 0.854. The van der Waals surface area contributed by atoms with Crippen LogP contribution in [0.2, 0.25) is 0 Å². The van der Waals surface area contributed by atoms with Gasteiger partial charge in [-0.3, -0.25) is 9.69 Å². The Bertz CT molecular complexity index is 733. The third-order valence-electron chi connectivity index (χ3n) is 4.32. The normalized spacial score (nSPS) is 14.2. The van der Waals surface area contributed by atoms with E-state index in [1.807, 2.05) is 0 Å². The maximum atomic E-state index is 13.5. The average Bonchev–Trinajstić information content (AvgIpc) is 2.58. The molecule has 0 fully saturated rings. The lowest BCUT2D eigenvalue weighted by Crippen LogP contribution is -2.33. The van der Waals surface area contributed by atoms with Crippen LogP contribution in [-0.2, 0) is 13.0 Å². The van der Waals surface area contributed by atoms with Gasteiger partial charge in [0.15, 0.2) is 0 Å². The highest BCUT2D eigenvalue weighted by atomic mass is 19.1. The van der Waals surface area contributed by atoms with E-state index in [4.69, 9.17) is 0 Å². The Hall–Kier alpha value is -2.27. The van der Waals surface area contributed by atoms with Crippen LogP contribution >= 0.6 is 0 Å². The fraction of sp³-hybridized carbons (Fsp3) is 0.316. The van der Waals surface area contributed by atoms with E-state index in [1.165, 1.54) is 17.2 Å². The van der Waals surface area contributed by atoms with Gasteiger partial charge in [0.1, 0.15) is 11.6 Å². The Labute approximate surface area is 140 Å². The van der Waals surface area contributed by atoms with Crippen molar-refractivity contribution in [2.24, 2.45) is 0 Å². The van der Waals surface area contributed by atoms with Crippen molar-refractivity contribution in [1.82, 2.24) is 10.2 Å². The van der Waals surface area contributed by atoms with Crippen LogP contribution in [0.25, 0.3) is 0 Å². The van der Waals surface area contributed by atoms with E-state index in [1.54, 1.807) is 0 Å². The lowest BCUT2D eigenvalue weighted by Gasteiger charge is -2.28. The molecule has 0 spiro atoms. The molecule has 0 bridgehead atoms. The first-order valence-corrected chi connectivity index (χ1v) is 8.16. The van der Waals surface area contributed by atoms with Crippen LogP contribution in [0.4, 0.5) is 8.78 Å². The van der Waals surface area contributed by atoms with Crippen molar-refractivity contribution in [2.75, 3.05) is 19.6 Å². The summed E-state index contributed by atoms with van der Waals surface area (Å²) in [4.78, 5) is 14.3. The first-order valence-electron chi connectivity index (χ1n) is 8.16. The number of rotatable bonds is 5. The zero-order valence-electron chi connectivity index (χ0n) is 13.4. The minimum atomic E-state index is -0.833. The van der Waals surface area contributed by atoms with Crippen molar-refractivity contribution >= 4 is 5.91 Å². The van der Waals surface area contributed by atoms with Gasteiger partial charge in [0.05, 0.1) is 5.56 Å². The number of nitrogens with one attached hydrogen (secondary N) is 1. The monoisotopic (exact) mass is 330 g/mol. The van der Waals surface area contributed by atoms with E-state index < -0.39 is 17.5 Å². The fourth-order valence-electron chi connectivity index (χ4n) is 3.02. The standard InChI is InChI=1S/C19H20F2N2O/c20-16-6-7-17(18(21)12-16)19(24)22-9-3-10-23-11-8-14-4-1-2-5-15(14)13-23/h1-2,4-7,12H,3,8-11,13H2,(H,22,24). The predicted molar refractivity (Wildman–Crippen MR) is 88.7 cm³/mol. The van der Waals surface area contributed by atoms with Crippen LogP contribution in [0.3, 0.4) is 0 Å². The largest absolute Gasteiger partial charge is 0.352 e. The summed E-state index contributed by atoms with van der Waals surface area (Å²) < 4.78 is 26.4. The molecule has 1 aliphatic heterocycles. The molecule has 5 heteroatoms. The van der Waals surface area contributed by atoms with E-state index >= 15 is 0 Å². The molecule has 1 heterocycles. The van der Waals surface area contributed by atoms with Crippen LogP contribution < -0.4 is 5.32 Å².